The molecule has 7 heteroatoms. The van der Waals surface area contributed by atoms with Crippen LogP contribution in [-0.2, 0) is 21.4 Å². The third kappa shape index (κ3) is 4.16. The molecule has 1 aromatic rings. The molecule has 118 valence electrons. The monoisotopic (exact) mass is 315 g/mol. The number of benzene rings is 1. The molecule has 0 atom stereocenters. The second-order valence-corrected chi connectivity index (χ2v) is 6.58. The van der Waals surface area contributed by atoms with Crippen molar-refractivity contribution in [2.75, 3.05) is 19.8 Å². The second kappa shape index (κ2) is 7.22. The van der Waals surface area contributed by atoms with Crippen molar-refractivity contribution in [2.45, 2.75) is 37.3 Å². The van der Waals surface area contributed by atoms with Gasteiger partial charge >= 0.3 is 0 Å². The first-order valence-electron chi connectivity index (χ1n) is 7.03. The molecule has 1 heterocycles. The van der Waals surface area contributed by atoms with Crippen LogP contribution in [0.1, 0.15) is 25.3 Å². The predicted molar refractivity (Wildman–Crippen MR) is 77.7 cm³/mol. The molecule has 2 N–H and O–H groups in total. The molecule has 1 saturated heterocycles. The van der Waals surface area contributed by atoms with Gasteiger partial charge in [0, 0.05) is 24.8 Å². The van der Waals surface area contributed by atoms with Gasteiger partial charge < -0.3 is 14.6 Å². The van der Waals surface area contributed by atoms with E-state index in [1.54, 1.807) is 6.07 Å². The van der Waals surface area contributed by atoms with Crippen LogP contribution in [-0.4, -0.2) is 39.4 Å². The first-order chi connectivity index (χ1) is 10.1. The van der Waals surface area contributed by atoms with Gasteiger partial charge in [-0.3, -0.25) is 0 Å². The van der Waals surface area contributed by atoms with E-state index < -0.39 is 10.0 Å². The number of aliphatic hydroxyl groups is 1. The van der Waals surface area contributed by atoms with E-state index in [0.29, 0.717) is 44.0 Å². The number of aliphatic hydroxyl groups excluding tert-OH is 1. The Morgan fingerprint density at radius 3 is 2.71 bits per heavy atom. The minimum Gasteiger partial charge on any atom is -0.494 e. The molecule has 1 aromatic carbocycles. The van der Waals surface area contributed by atoms with Gasteiger partial charge in [0.25, 0.3) is 0 Å². The highest BCUT2D eigenvalue weighted by atomic mass is 32.2. The Bertz CT molecular complexity index is 567. The average molecular weight is 315 g/mol. The fourth-order valence-corrected chi connectivity index (χ4v) is 3.60. The van der Waals surface area contributed by atoms with E-state index in [4.69, 9.17) is 9.47 Å². The smallest absolute Gasteiger partial charge is 0.240 e. The van der Waals surface area contributed by atoms with Crippen LogP contribution in [0.2, 0.25) is 0 Å². The van der Waals surface area contributed by atoms with Crippen LogP contribution in [0.5, 0.6) is 5.75 Å². The maximum absolute atomic E-state index is 12.4. The SMILES string of the molecule is CCOc1ccc(S(=O)(=O)NC2CCOCC2)cc1CO. The summed E-state index contributed by atoms with van der Waals surface area (Å²) in [6.45, 7) is 3.16. The van der Waals surface area contributed by atoms with Gasteiger partial charge in [-0.2, -0.15) is 0 Å². The maximum atomic E-state index is 12.4. The normalized spacial score (nSPS) is 16.9. The molecule has 0 amide bonds. The molecule has 0 aliphatic carbocycles. The van der Waals surface area contributed by atoms with E-state index in [1.807, 2.05) is 6.92 Å². The van der Waals surface area contributed by atoms with Crippen molar-refractivity contribution in [1.82, 2.24) is 4.72 Å². The fraction of sp³-hybridized carbons (Fsp3) is 0.571. The largest absolute Gasteiger partial charge is 0.494 e. The lowest BCUT2D eigenvalue weighted by atomic mass is 10.1. The van der Waals surface area contributed by atoms with Crippen LogP contribution in [0.3, 0.4) is 0 Å². The quantitative estimate of drug-likeness (QED) is 0.819. The molecule has 0 unspecified atom stereocenters. The number of hydrogen-bond donors (Lipinski definition) is 2. The van der Waals surface area contributed by atoms with E-state index in [2.05, 4.69) is 4.72 Å². The second-order valence-electron chi connectivity index (χ2n) is 4.87. The summed E-state index contributed by atoms with van der Waals surface area (Å²) in [5.74, 6) is 0.505. The highest BCUT2D eigenvalue weighted by Crippen LogP contribution is 2.23. The third-order valence-electron chi connectivity index (χ3n) is 3.36. The van der Waals surface area contributed by atoms with Gasteiger partial charge in [-0.25, -0.2) is 13.1 Å². The molecule has 1 aliphatic rings. The first-order valence-corrected chi connectivity index (χ1v) is 8.51. The van der Waals surface area contributed by atoms with Crippen molar-refractivity contribution in [3.8, 4) is 5.75 Å². The van der Waals surface area contributed by atoms with Crippen LogP contribution < -0.4 is 9.46 Å². The molecule has 0 radical (unpaired) electrons. The summed E-state index contributed by atoms with van der Waals surface area (Å²) < 4.78 is 38.0. The number of rotatable bonds is 6. The lowest BCUT2D eigenvalue weighted by molar-refractivity contribution is 0.0832. The van der Waals surface area contributed by atoms with E-state index in [9.17, 15) is 13.5 Å². The van der Waals surface area contributed by atoms with Crippen LogP contribution >= 0.6 is 0 Å². The van der Waals surface area contributed by atoms with Crippen molar-refractivity contribution < 1.29 is 23.0 Å². The van der Waals surface area contributed by atoms with E-state index in [0.717, 1.165) is 0 Å². The summed E-state index contributed by atoms with van der Waals surface area (Å²) >= 11 is 0. The van der Waals surface area contributed by atoms with Gasteiger partial charge in [-0.05, 0) is 38.0 Å². The van der Waals surface area contributed by atoms with Gasteiger partial charge in [0.05, 0.1) is 18.1 Å². The number of hydrogen-bond acceptors (Lipinski definition) is 5. The molecule has 0 bridgehead atoms. The number of sulfonamides is 1. The highest BCUT2D eigenvalue weighted by Gasteiger charge is 2.23. The van der Waals surface area contributed by atoms with Gasteiger partial charge in [0.2, 0.25) is 10.0 Å². The summed E-state index contributed by atoms with van der Waals surface area (Å²) in [5.41, 5.74) is 0.465. The van der Waals surface area contributed by atoms with Gasteiger partial charge in [-0.1, -0.05) is 0 Å². The van der Waals surface area contributed by atoms with Crippen molar-refractivity contribution in [2.24, 2.45) is 0 Å². The van der Waals surface area contributed by atoms with Crippen molar-refractivity contribution in [3.05, 3.63) is 23.8 Å². The Morgan fingerprint density at radius 1 is 1.38 bits per heavy atom. The summed E-state index contributed by atoms with van der Waals surface area (Å²) in [6.07, 6.45) is 1.34. The van der Waals surface area contributed by atoms with E-state index in [1.165, 1.54) is 12.1 Å². The van der Waals surface area contributed by atoms with Crippen LogP contribution in [0.25, 0.3) is 0 Å². The Morgan fingerprint density at radius 2 is 2.10 bits per heavy atom. The summed E-state index contributed by atoms with van der Waals surface area (Å²) in [5, 5.41) is 9.34. The molecule has 21 heavy (non-hydrogen) atoms. The Kier molecular flexibility index (Phi) is 5.58. The third-order valence-corrected chi connectivity index (χ3v) is 4.87. The lowest BCUT2D eigenvalue weighted by Gasteiger charge is -2.23. The summed E-state index contributed by atoms with van der Waals surface area (Å²) in [6, 6.07) is 4.42. The maximum Gasteiger partial charge on any atom is 0.240 e. The zero-order valence-electron chi connectivity index (χ0n) is 12.0. The zero-order chi connectivity index (χ0) is 15.3. The molecule has 0 aromatic heterocycles. The van der Waals surface area contributed by atoms with Crippen molar-refractivity contribution in [3.63, 3.8) is 0 Å². The molecule has 1 fully saturated rings. The summed E-state index contributed by atoms with van der Waals surface area (Å²) in [7, 11) is -3.60. The van der Waals surface area contributed by atoms with Gasteiger partial charge in [0.15, 0.2) is 0 Å². The van der Waals surface area contributed by atoms with Crippen LogP contribution in [0.15, 0.2) is 23.1 Å². The topological polar surface area (TPSA) is 84.9 Å². The molecular formula is C14H21NO5S. The van der Waals surface area contributed by atoms with Crippen LogP contribution in [0.4, 0.5) is 0 Å². The number of nitrogens with one attached hydrogen (secondary N) is 1. The Labute approximate surface area is 125 Å². The predicted octanol–water partition coefficient (Wildman–Crippen LogP) is 1.03. The van der Waals surface area contributed by atoms with Crippen LogP contribution in [0, 0.1) is 0 Å². The molecule has 0 spiro atoms. The first kappa shape index (κ1) is 16.2. The standard InChI is InChI=1S/C14H21NO5S/c1-2-20-14-4-3-13(9-11(14)10-16)21(17,18)15-12-5-7-19-8-6-12/h3-4,9,12,15-16H,2,5-8,10H2,1H3. The molecule has 1 aliphatic heterocycles. The molecule has 2 rings (SSSR count). The van der Waals surface area contributed by atoms with E-state index >= 15 is 0 Å². The Balaban J connectivity index is 2.18. The van der Waals surface area contributed by atoms with Crippen molar-refractivity contribution in [1.29, 1.82) is 0 Å². The van der Waals surface area contributed by atoms with Crippen molar-refractivity contribution >= 4 is 10.0 Å². The van der Waals surface area contributed by atoms with Gasteiger partial charge in [-0.15, -0.1) is 0 Å². The molecule has 0 saturated carbocycles. The average Bonchev–Trinajstić information content (AvgIpc) is 2.48. The fourth-order valence-electron chi connectivity index (χ4n) is 2.25. The van der Waals surface area contributed by atoms with Gasteiger partial charge in [0.1, 0.15) is 5.75 Å². The zero-order valence-corrected chi connectivity index (χ0v) is 12.9. The molecular weight excluding hydrogens is 294 g/mol. The lowest BCUT2D eigenvalue weighted by Crippen LogP contribution is -2.38. The summed E-state index contributed by atoms with van der Waals surface area (Å²) in [4.78, 5) is 0.140. The number of ether oxygens (including phenoxy) is 2. The highest BCUT2D eigenvalue weighted by molar-refractivity contribution is 7.89. The Hall–Kier alpha value is -1.15. The minimum absolute atomic E-state index is 0.104. The molecule has 6 nitrogen and oxygen atoms in total. The minimum atomic E-state index is -3.60. The van der Waals surface area contributed by atoms with E-state index in [-0.39, 0.29) is 17.5 Å².